The van der Waals surface area contributed by atoms with Crippen molar-refractivity contribution >= 4 is 0 Å². The molecule has 0 saturated carbocycles. The van der Waals surface area contributed by atoms with Gasteiger partial charge in [-0.1, -0.05) is 29.8 Å². The number of benzene rings is 1. The minimum Gasteiger partial charge on any atom is -0.309 e. The van der Waals surface area contributed by atoms with Crippen LogP contribution in [0.5, 0.6) is 0 Å². The van der Waals surface area contributed by atoms with Crippen molar-refractivity contribution in [1.29, 1.82) is 0 Å². The fraction of sp³-hybridized carbons (Fsp3) is 0.308. The van der Waals surface area contributed by atoms with Gasteiger partial charge >= 0.3 is 0 Å². The average molecular weight is 215 g/mol. The summed E-state index contributed by atoms with van der Waals surface area (Å²) in [5.74, 6) is 0. The van der Waals surface area contributed by atoms with Gasteiger partial charge in [0.2, 0.25) is 0 Å². The van der Waals surface area contributed by atoms with E-state index in [9.17, 15) is 0 Å². The summed E-state index contributed by atoms with van der Waals surface area (Å²) < 4.78 is 1.83. The SMILES string of the molecule is CNC(c1cccc(C)c1)c1cnn(C)c1. The highest BCUT2D eigenvalue weighted by Crippen LogP contribution is 2.21. The van der Waals surface area contributed by atoms with Crippen LogP contribution in [0.2, 0.25) is 0 Å². The first kappa shape index (κ1) is 10.9. The Hall–Kier alpha value is -1.61. The van der Waals surface area contributed by atoms with Gasteiger partial charge in [0, 0.05) is 18.8 Å². The van der Waals surface area contributed by atoms with E-state index >= 15 is 0 Å². The molecule has 2 aromatic rings. The Morgan fingerprint density at radius 3 is 2.69 bits per heavy atom. The molecule has 0 fully saturated rings. The Labute approximate surface area is 96.1 Å². The van der Waals surface area contributed by atoms with Crippen LogP contribution in [0.1, 0.15) is 22.7 Å². The molecule has 0 bridgehead atoms. The minimum atomic E-state index is 0.216. The molecule has 0 aliphatic heterocycles. The van der Waals surface area contributed by atoms with E-state index in [1.165, 1.54) is 16.7 Å². The summed E-state index contributed by atoms with van der Waals surface area (Å²) in [5, 5.41) is 7.53. The Bertz CT molecular complexity index is 474. The molecule has 1 atom stereocenters. The highest BCUT2D eigenvalue weighted by molar-refractivity contribution is 5.31. The van der Waals surface area contributed by atoms with E-state index in [1.807, 2.05) is 31.2 Å². The number of aryl methyl sites for hydroxylation is 2. The summed E-state index contributed by atoms with van der Waals surface area (Å²) in [5.41, 5.74) is 3.74. The molecule has 0 saturated heterocycles. The van der Waals surface area contributed by atoms with Crippen LogP contribution in [0.3, 0.4) is 0 Å². The predicted molar refractivity (Wildman–Crippen MR) is 65.3 cm³/mol. The fourth-order valence-electron chi connectivity index (χ4n) is 1.96. The number of hydrogen-bond donors (Lipinski definition) is 1. The topological polar surface area (TPSA) is 29.9 Å². The molecule has 1 N–H and O–H groups in total. The molecule has 84 valence electrons. The monoisotopic (exact) mass is 215 g/mol. The summed E-state index contributed by atoms with van der Waals surface area (Å²) in [6.45, 7) is 2.11. The molecule has 0 radical (unpaired) electrons. The number of rotatable bonds is 3. The molecule has 0 aliphatic carbocycles. The summed E-state index contributed by atoms with van der Waals surface area (Å²) in [6, 6.07) is 8.76. The van der Waals surface area contributed by atoms with E-state index in [2.05, 4.69) is 41.6 Å². The first-order valence-corrected chi connectivity index (χ1v) is 5.43. The van der Waals surface area contributed by atoms with Crippen LogP contribution in [0.25, 0.3) is 0 Å². The summed E-state index contributed by atoms with van der Waals surface area (Å²) in [4.78, 5) is 0. The molecule has 0 aliphatic rings. The lowest BCUT2D eigenvalue weighted by Gasteiger charge is -2.15. The first-order valence-electron chi connectivity index (χ1n) is 5.43. The lowest BCUT2D eigenvalue weighted by Crippen LogP contribution is -2.17. The van der Waals surface area contributed by atoms with E-state index < -0.39 is 0 Å². The minimum absolute atomic E-state index is 0.216. The van der Waals surface area contributed by atoms with Gasteiger partial charge in [0.1, 0.15) is 0 Å². The number of nitrogens with one attached hydrogen (secondary N) is 1. The maximum absolute atomic E-state index is 4.21. The van der Waals surface area contributed by atoms with Crippen LogP contribution >= 0.6 is 0 Å². The van der Waals surface area contributed by atoms with Crippen molar-refractivity contribution in [3.8, 4) is 0 Å². The largest absolute Gasteiger partial charge is 0.309 e. The van der Waals surface area contributed by atoms with Crippen molar-refractivity contribution < 1.29 is 0 Å². The third-order valence-electron chi connectivity index (χ3n) is 2.72. The van der Waals surface area contributed by atoms with Crippen molar-refractivity contribution in [2.75, 3.05) is 7.05 Å². The maximum Gasteiger partial charge on any atom is 0.0605 e. The van der Waals surface area contributed by atoms with Crippen LogP contribution in [-0.2, 0) is 7.05 Å². The Kier molecular flexibility index (Phi) is 3.06. The van der Waals surface area contributed by atoms with Crippen LogP contribution in [0.4, 0.5) is 0 Å². The smallest absolute Gasteiger partial charge is 0.0605 e. The third kappa shape index (κ3) is 2.14. The van der Waals surface area contributed by atoms with E-state index in [1.54, 1.807) is 0 Å². The van der Waals surface area contributed by atoms with Gasteiger partial charge < -0.3 is 5.32 Å². The lowest BCUT2D eigenvalue weighted by molar-refractivity contribution is 0.689. The van der Waals surface area contributed by atoms with Gasteiger partial charge in [-0.3, -0.25) is 4.68 Å². The second-order valence-electron chi connectivity index (χ2n) is 4.08. The van der Waals surface area contributed by atoms with Gasteiger partial charge in [0.05, 0.1) is 12.2 Å². The standard InChI is InChI=1S/C13H17N3/c1-10-5-4-6-11(7-10)13(14-2)12-8-15-16(3)9-12/h4-9,13-14H,1-3H3. The van der Waals surface area contributed by atoms with Crippen molar-refractivity contribution in [2.45, 2.75) is 13.0 Å². The molecule has 1 heterocycles. The van der Waals surface area contributed by atoms with Gasteiger partial charge in [-0.15, -0.1) is 0 Å². The molecule has 3 heteroatoms. The molecule has 16 heavy (non-hydrogen) atoms. The maximum atomic E-state index is 4.21. The second-order valence-corrected chi connectivity index (χ2v) is 4.08. The van der Waals surface area contributed by atoms with Crippen molar-refractivity contribution in [1.82, 2.24) is 15.1 Å². The highest BCUT2D eigenvalue weighted by atomic mass is 15.2. The van der Waals surface area contributed by atoms with Gasteiger partial charge in [-0.05, 0) is 19.5 Å². The van der Waals surface area contributed by atoms with E-state index in [0.29, 0.717) is 0 Å². The van der Waals surface area contributed by atoms with Crippen molar-refractivity contribution in [3.05, 3.63) is 53.3 Å². The third-order valence-corrected chi connectivity index (χ3v) is 2.72. The quantitative estimate of drug-likeness (QED) is 0.849. The summed E-state index contributed by atoms with van der Waals surface area (Å²) >= 11 is 0. The van der Waals surface area contributed by atoms with Gasteiger partial charge in [0.15, 0.2) is 0 Å². The van der Waals surface area contributed by atoms with E-state index in [-0.39, 0.29) is 6.04 Å². The number of hydrogen-bond acceptors (Lipinski definition) is 2. The average Bonchev–Trinajstić information content (AvgIpc) is 2.66. The molecular formula is C13H17N3. The molecule has 0 spiro atoms. The number of aromatic nitrogens is 2. The highest BCUT2D eigenvalue weighted by Gasteiger charge is 2.13. The molecule has 1 aromatic heterocycles. The second kappa shape index (κ2) is 4.49. The number of nitrogens with zero attached hydrogens (tertiary/aromatic N) is 2. The van der Waals surface area contributed by atoms with Gasteiger partial charge in [-0.2, -0.15) is 5.10 Å². The fourth-order valence-corrected chi connectivity index (χ4v) is 1.96. The van der Waals surface area contributed by atoms with Crippen molar-refractivity contribution in [2.24, 2.45) is 7.05 Å². The summed E-state index contributed by atoms with van der Waals surface area (Å²) in [6.07, 6.45) is 3.95. The van der Waals surface area contributed by atoms with Crippen LogP contribution in [0, 0.1) is 6.92 Å². The zero-order valence-electron chi connectivity index (χ0n) is 9.94. The molecule has 2 rings (SSSR count). The zero-order chi connectivity index (χ0) is 11.5. The summed E-state index contributed by atoms with van der Waals surface area (Å²) in [7, 11) is 3.91. The molecule has 1 unspecified atom stereocenters. The zero-order valence-corrected chi connectivity index (χ0v) is 9.94. The molecular weight excluding hydrogens is 198 g/mol. The van der Waals surface area contributed by atoms with Crippen LogP contribution in [0.15, 0.2) is 36.7 Å². The first-order chi connectivity index (χ1) is 7.70. The Morgan fingerprint density at radius 2 is 2.12 bits per heavy atom. The van der Waals surface area contributed by atoms with E-state index in [0.717, 1.165) is 0 Å². The normalized spacial score (nSPS) is 12.7. The Balaban J connectivity index is 2.36. The van der Waals surface area contributed by atoms with Crippen LogP contribution in [-0.4, -0.2) is 16.8 Å². The van der Waals surface area contributed by atoms with Gasteiger partial charge in [-0.25, -0.2) is 0 Å². The Morgan fingerprint density at radius 1 is 1.31 bits per heavy atom. The lowest BCUT2D eigenvalue weighted by atomic mass is 10.0. The molecule has 0 amide bonds. The molecule has 3 nitrogen and oxygen atoms in total. The van der Waals surface area contributed by atoms with Crippen LogP contribution < -0.4 is 5.32 Å². The van der Waals surface area contributed by atoms with Gasteiger partial charge in [0.25, 0.3) is 0 Å². The van der Waals surface area contributed by atoms with E-state index in [4.69, 9.17) is 0 Å². The van der Waals surface area contributed by atoms with Crippen molar-refractivity contribution in [3.63, 3.8) is 0 Å². The predicted octanol–water partition coefficient (Wildman–Crippen LogP) is 2.04. The molecule has 1 aromatic carbocycles.